The lowest BCUT2D eigenvalue weighted by Crippen LogP contribution is -2.50. The molecule has 0 saturated carbocycles. The standard InChI is InChI=1S/C15H24N2O3/c1-4-15(5-2,11-18)16-10-14(19)17-12-6-8-13(20-3)9-7-12/h6-9,16,18H,4-5,10-11H2,1-3H3,(H,17,19). The Labute approximate surface area is 120 Å². The highest BCUT2D eigenvalue weighted by Crippen LogP contribution is 2.16. The van der Waals surface area contributed by atoms with Crippen molar-refractivity contribution in [3.05, 3.63) is 24.3 Å². The maximum atomic E-state index is 11.9. The minimum Gasteiger partial charge on any atom is -0.497 e. The molecule has 0 radical (unpaired) electrons. The van der Waals surface area contributed by atoms with Crippen LogP contribution in [0.3, 0.4) is 0 Å². The van der Waals surface area contributed by atoms with Crippen LogP contribution in [0.5, 0.6) is 5.75 Å². The van der Waals surface area contributed by atoms with Gasteiger partial charge in [0.05, 0.1) is 20.3 Å². The third kappa shape index (κ3) is 4.51. The summed E-state index contributed by atoms with van der Waals surface area (Å²) in [6, 6.07) is 7.16. The molecule has 112 valence electrons. The molecule has 5 nitrogen and oxygen atoms in total. The van der Waals surface area contributed by atoms with E-state index in [-0.39, 0.29) is 24.6 Å². The molecule has 0 aliphatic rings. The fourth-order valence-electron chi connectivity index (χ4n) is 1.93. The van der Waals surface area contributed by atoms with Crippen LogP contribution in [0.15, 0.2) is 24.3 Å². The van der Waals surface area contributed by atoms with Gasteiger partial charge in [-0.1, -0.05) is 13.8 Å². The SMILES string of the molecule is CCC(CC)(CO)NCC(=O)Nc1ccc(OC)cc1. The predicted octanol–water partition coefficient (Wildman–Crippen LogP) is 1.77. The molecule has 0 fully saturated rings. The fraction of sp³-hybridized carbons (Fsp3) is 0.533. The van der Waals surface area contributed by atoms with Crippen molar-refractivity contribution >= 4 is 11.6 Å². The third-order valence-electron chi connectivity index (χ3n) is 3.65. The van der Waals surface area contributed by atoms with Crippen molar-refractivity contribution in [3.8, 4) is 5.75 Å². The molecule has 3 N–H and O–H groups in total. The third-order valence-corrected chi connectivity index (χ3v) is 3.65. The first-order chi connectivity index (χ1) is 9.59. The van der Waals surface area contributed by atoms with Crippen LogP contribution in [0.2, 0.25) is 0 Å². The number of nitrogens with one attached hydrogen (secondary N) is 2. The Kier molecular flexibility index (Phi) is 6.48. The lowest BCUT2D eigenvalue weighted by Gasteiger charge is -2.30. The number of rotatable bonds is 8. The molecule has 0 spiro atoms. The Morgan fingerprint density at radius 2 is 1.85 bits per heavy atom. The molecule has 1 amide bonds. The number of amides is 1. The summed E-state index contributed by atoms with van der Waals surface area (Å²) in [6.45, 7) is 4.19. The molecule has 0 bridgehead atoms. The zero-order chi connectivity index (χ0) is 15.0. The van der Waals surface area contributed by atoms with Gasteiger partial charge in [0.1, 0.15) is 5.75 Å². The summed E-state index contributed by atoms with van der Waals surface area (Å²) >= 11 is 0. The molecule has 1 aromatic rings. The maximum Gasteiger partial charge on any atom is 0.238 e. The number of anilines is 1. The van der Waals surface area contributed by atoms with E-state index in [2.05, 4.69) is 10.6 Å². The van der Waals surface area contributed by atoms with E-state index in [0.29, 0.717) is 0 Å². The van der Waals surface area contributed by atoms with Crippen LogP contribution in [0.4, 0.5) is 5.69 Å². The van der Waals surface area contributed by atoms with E-state index >= 15 is 0 Å². The van der Waals surface area contributed by atoms with E-state index in [0.717, 1.165) is 24.3 Å². The second-order valence-electron chi connectivity index (χ2n) is 4.78. The number of hydrogen-bond donors (Lipinski definition) is 3. The average Bonchev–Trinajstić information content (AvgIpc) is 2.50. The molecular formula is C15H24N2O3. The second kappa shape index (κ2) is 7.87. The van der Waals surface area contributed by atoms with E-state index in [1.807, 2.05) is 13.8 Å². The topological polar surface area (TPSA) is 70.6 Å². The highest BCUT2D eigenvalue weighted by atomic mass is 16.5. The number of ether oxygens (including phenoxy) is 1. The number of aliphatic hydroxyl groups is 1. The van der Waals surface area contributed by atoms with Crippen LogP contribution in [-0.4, -0.2) is 36.8 Å². The normalized spacial score (nSPS) is 11.2. The number of benzene rings is 1. The number of hydrogen-bond acceptors (Lipinski definition) is 4. The zero-order valence-electron chi connectivity index (χ0n) is 12.4. The summed E-state index contributed by atoms with van der Waals surface area (Å²) in [7, 11) is 1.60. The fourth-order valence-corrected chi connectivity index (χ4v) is 1.93. The molecule has 1 aromatic carbocycles. The molecule has 0 aliphatic carbocycles. The summed E-state index contributed by atoms with van der Waals surface area (Å²) in [6.07, 6.45) is 1.55. The van der Waals surface area contributed by atoms with E-state index in [1.54, 1.807) is 31.4 Å². The van der Waals surface area contributed by atoms with Crippen molar-refractivity contribution in [3.63, 3.8) is 0 Å². The summed E-state index contributed by atoms with van der Waals surface area (Å²) in [5.74, 6) is 0.618. The average molecular weight is 280 g/mol. The lowest BCUT2D eigenvalue weighted by atomic mass is 9.94. The summed E-state index contributed by atoms with van der Waals surface area (Å²) in [4.78, 5) is 11.9. The number of carbonyl (C=O) groups is 1. The molecule has 0 aromatic heterocycles. The Morgan fingerprint density at radius 3 is 2.30 bits per heavy atom. The van der Waals surface area contributed by atoms with Gasteiger partial charge in [-0.2, -0.15) is 0 Å². The zero-order valence-corrected chi connectivity index (χ0v) is 12.4. The van der Waals surface area contributed by atoms with E-state index in [4.69, 9.17) is 4.74 Å². The molecule has 0 saturated heterocycles. The van der Waals surface area contributed by atoms with Crippen molar-refractivity contribution in [1.29, 1.82) is 0 Å². The predicted molar refractivity (Wildman–Crippen MR) is 80.0 cm³/mol. The van der Waals surface area contributed by atoms with Crippen molar-refractivity contribution in [2.24, 2.45) is 0 Å². The molecule has 0 atom stereocenters. The molecule has 1 rings (SSSR count). The first-order valence-corrected chi connectivity index (χ1v) is 6.89. The number of methoxy groups -OCH3 is 1. The monoisotopic (exact) mass is 280 g/mol. The largest absolute Gasteiger partial charge is 0.497 e. The van der Waals surface area contributed by atoms with Crippen molar-refractivity contribution in [1.82, 2.24) is 5.32 Å². The highest BCUT2D eigenvalue weighted by Gasteiger charge is 2.24. The summed E-state index contributed by atoms with van der Waals surface area (Å²) in [5.41, 5.74) is 0.345. The van der Waals surface area contributed by atoms with E-state index in [1.165, 1.54) is 0 Å². The molecule has 0 unspecified atom stereocenters. The van der Waals surface area contributed by atoms with Crippen LogP contribution >= 0.6 is 0 Å². The van der Waals surface area contributed by atoms with Crippen molar-refractivity contribution in [2.45, 2.75) is 32.2 Å². The van der Waals surface area contributed by atoms with Crippen molar-refractivity contribution < 1.29 is 14.6 Å². The molecular weight excluding hydrogens is 256 g/mol. The Morgan fingerprint density at radius 1 is 1.25 bits per heavy atom. The molecule has 0 heterocycles. The van der Waals surface area contributed by atoms with Gasteiger partial charge in [-0.05, 0) is 37.1 Å². The van der Waals surface area contributed by atoms with Crippen LogP contribution in [0.1, 0.15) is 26.7 Å². The first-order valence-electron chi connectivity index (χ1n) is 6.89. The second-order valence-corrected chi connectivity index (χ2v) is 4.78. The van der Waals surface area contributed by atoms with Gasteiger partial charge in [-0.25, -0.2) is 0 Å². The van der Waals surface area contributed by atoms with Gasteiger partial charge in [-0.3, -0.25) is 4.79 Å². The van der Waals surface area contributed by atoms with Crippen LogP contribution < -0.4 is 15.4 Å². The minimum absolute atomic E-state index is 0.0236. The van der Waals surface area contributed by atoms with Crippen LogP contribution in [0.25, 0.3) is 0 Å². The van der Waals surface area contributed by atoms with Gasteiger partial charge in [-0.15, -0.1) is 0 Å². The smallest absolute Gasteiger partial charge is 0.238 e. The Bertz CT molecular complexity index is 405. The first kappa shape index (κ1) is 16.5. The molecule has 20 heavy (non-hydrogen) atoms. The number of aliphatic hydroxyl groups excluding tert-OH is 1. The van der Waals surface area contributed by atoms with Gasteiger partial charge >= 0.3 is 0 Å². The molecule has 5 heteroatoms. The van der Waals surface area contributed by atoms with Gasteiger partial charge in [0, 0.05) is 11.2 Å². The summed E-state index contributed by atoms with van der Waals surface area (Å²) < 4.78 is 5.06. The lowest BCUT2D eigenvalue weighted by molar-refractivity contribution is -0.115. The van der Waals surface area contributed by atoms with Crippen molar-refractivity contribution in [2.75, 3.05) is 25.6 Å². The highest BCUT2D eigenvalue weighted by molar-refractivity contribution is 5.92. The number of carbonyl (C=O) groups excluding carboxylic acids is 1. The quantitative estimate of drug-likeness (QED) is 0.679. The van der Waals surface area contributed by atoms with E-state index in [9.17, 15) is 9.90 Å². The van der Waals surface area contributed by atoms with Gasteiger partial charge in [0.2, 0.25) is 5.91 Å². The molecule has 0 aliphatic heterocycles. The minimum atomic E-state index is -0.378. The summed E-state index contributed by atoms with van der Waals surface area (Å²) in [5, 5.41) is 15.4. The van der Waals surface area contributed by atoms with Crippen LogP contribution in [-0.2, 0) is 4.79 Å². The van der Waals surface area contributed by atoms with Gasteiger partial charge in [0.25, 0.3) is 0 Å². The Hall–Kier alpha value is -1.59. The van der Waals surface area contributed by atoms with E-state index < -0.39 is 0 Å². The Balaban J connectivity index is 2.50. The maximum absolute atomic E-state index is 11.9. The van der Waals surface area contributed by atoms with Gasteiger partial charge in [0.15, 0.2) is 0 Å². The van der Waals surface area contributed by atoms with Gasteiger partial charge < -0.3 is 20.5 Å². The van der Waals surface area contributed by atoms with Crippen LogP contribution in [0, 0.1) is 0 Å².